The normalized spacial score (nSPS) is 12.4. The average molecular weight is 328 g/mol. The van der Waals surface area contributed by atoms with Gasteiger partial charge in [0.25, 0.3) is 0 Å². The van der Waals surface area contributed by atoms with Crippen molar-refractivity contribution < 1.29 is 0 Å². The molecule has 0 aliphatic carbocycles. The largest absolute Gasteiger partial charge is 0.313 e. The van der Waals surface area contributed by atoms with Gasteiger partial charge in [-0.2, -0.15) is 4.98 Å². The van der Waals surface area contributed by atoms with Crippen LogP contribution >= 0.6 is 11.3 Å². The van der Waals surface area contributed by atoms with E-state index in [1.165, 1.54) is 31.2 Å². The lowest BCUT2D eigenvalue weighted by Crippen LogP contribution is -1.87. The molecule has 0 saturated heterocycles. The SMILES string of the molecule is Cn1c2ccccc2n2c3c(ncc4c5ccccc5sc43)nc12. The van der Waals surface area contributed by atoms with Crippen LogP contribution in [0.5, 0.6) is 0 Å². The standard InChI is InChI=1S/C19H12N4S/c1-22-13-7-3-4-8-14(13)23-16-17-12(10-20-18(16)21-19(22)23)11-6-2-5-9-15(11)24-17/h2-10H,1H3. The highest BCUT2D eigenvalue weighted by molar-refractivity contribution is 7.26. The molecule has 0 amide bonds. The molecule has 0 N–H and O–H groups in total. The van der Waals surface area contributed by atoms with Crippen LogP contribution in [0.1, 0.15) is 0 Å². The maximum absolute atomic E-state index is 4.79. The van der Waals surface area contributed by atoms with Crippen molar-refractivity contribution in [2.45, 2.75) is 0 Å². The van der Waals surface area contributed by atoms with Crippen LogP contribution in [-0.4, -0.2) is 18.9 Å². The molecule has 0 spiro atoms. The summed E-state index contributed by atoms with van der Waals surface area (Å²) in [6.07, 6.45) is 1.96. The molecule has 6 rings (SSSR count). The van der Waals surface area contributed by atoms with E-state index < -0.39 is 0 Å². The molecule has 4 aromatic heterocycles. The van der Waals surface area contributed by atoms with E-state index in [0.717, 1.165) is 16.9 Å². The predicted molar refractivity (Wildman–Crippen MR) is 99.9 cm³/mol. The minimum atomic E-state index is 0.811. The number of aromatic nitrogens is 4. The minimum absolute atomic E-state index is 0.811. The first kappa shape index (κ1) is 12.5. The van der Waals surface area contributed by atoms with Gasteiger partial charge in [0, 0.05) is 28.7 Å². The van der Waals surface area contributed by atoms with Crippen LogP contribution in [0, 0.1) is 0 Å². The molecule has 0 saturated carbocycles. The van der Waals surface area contributed by atoms with Gasteiger partial charge in [0.15, 0.2) is 5.65 Å². The van der Waals surface area contributed by atoms with Crippen LogP contribution in [0.3, 0.4) is 0 Å². The van der Waals surface area contributed by atoms with Crippen LogP contribution in [0.4, 0.5) is 0 Å². The maximum atomic E-state index is 4.79. The van der Waals surface area contributed by atoms with Gasteiger partial charge in [0.2, 0.25) is 5.78 Å². The van der Waals surface area contributed by atoms with E-state index in [9.17, 15) is 0 Å². The lowest BCUT2D eigenvalue weighted by Gasteiger charge is -1.96. The van der Waals surface area contributed by atoms with Gasteiger partial charge in [-0.05, 0) is 18.2 Å². The Morgan fingerprint density at radius 2 is 1.71 bits per heavy atom. The van der Waals surface area contributed by atoms with Gasteiger partial charge >= 0.3 is 0 Å². The van der Waals surface area contributed by atoms with Gasteiger partial charge in [0.1, 0.15) is 5.52 Å². The molecule has 0 unspecified atom stereocenters. The first-order valence-corrected chi connectivity index (χ1v) is 8.66. The molecule has 0 radical (unpaired) electrons. The molecule has 0 fully saturated rings. The Balaban J connectivity index is 1.98. The molecular formula is C19H12N4S. The number of hydrogen-bond acceptors (Lipinski definition) is 3. The lowest BCUT2D eigenvalue weighted by atomic mass is 10.2. The predicted octanol–water partition coefficient (Wildman–Crippen LogP) is 4.74. The van der Waals surface area contributed by atoms with E-state index in [0.29, 0.717) is 0 Å². The highest BCUT2D eigenvalue weighted by Crippen LogP contribution is 2.38. The minimum Gasteiger partial charge on any atom is -0.313 e. The fraction of sp³-hybridized carbons (Fsp3) is 0.0526. The molecule has 0 atom stereocenters. The van der Waals surface area contributed by atoms with Gasteiger partial charge < -0.3 is 4.57 Å². The summed E-state index contributed by atoms with van der Waals surface area (Å²) in [5.41, 5.74) is 4.27. The van der Waals surface area contributed by atoms with Gasteiger partial charge in [-0.15, -0.1) is 11.3 Å². The summed E-state index contributed by atoms with van der Waals surface area (Å²) in [5.74, 6) is 0.934. The Labute approximate surface area is 140 Å². The number of hydrogen-bond donors (Lipinski definition) is 0. The third-order valence-electron chi connectivity index (χ3n) is 4.79. The Morgan fingerprint density at radius 3 is 2.62 bits per heavy atom. The summed E-state index contributed by atoms with van der Waals surface area (Å²) >= 11 is 1.82. The number of aryl methyl sites for hydroxylation is 1. The lowest BCUT2D eigenvalue weighted by molar-refractivity contribution is 0.973. The van der Waals surface area contributed by atoms with Crippen LogP contribution in [0.25, 0.3) is 48.1 Å². The van der Waals surface area contributed by atoms with Crippen molar-refractivity contribution in [1.29, 1.82) is 0 Å². The number of rotatable bonds is 0. The van der Waals surface area contributed by atoms with Crippen molar-refractivity contribution >= 4 is 59.5 Å². The Kier molecular flexibility index (Phi) is 2.15. The molecule has 0 aliphatic heterocycles. The number of nitrogens with zero attached hydrogens (tertiary/aromatic N) is 4. The zero-order valence-corrected chi connectivity index (χ0v) is 13.7. The molecule has 2 aromatic carbocycles. The molecule has 5 heteroatoms. The van der Waals surface area contributed by atoms with E-state index in [4.69, 9.17) is 4.98 Å². The number of thiophene rings is 1. The third kappa shape index (κ3) is 1.35. The second-order valence-electron chi connectivity index (χ2n) is 6.07. The van der Waals surface area contributed by atoms with E-state index in [1.54, 1.807) is 0 Å². The smallest absolute Gasteiger partial charge is 0.217 e. The topological polar surface area (TPSA) is 35.1 Å². The summed E-state index contributed by atoms with van der Waals surface area (Å²) in [7, 11) is 2.06. The first-order chi connectivity index (χ1) is 11.8. The monoisotopic (exact) mass is 328 g/mol. The highest BCUT2D eigenvalue weighted by Gasteiger charge is 2.18. The Morgan fingerprint density at radius 1 is 0.917 bits per heavy atom. The summed E-state index contributed by atoms with van der Waals surface area (Å²) in [6, 6.07) is 16.9. The third-order valence-corrected chi connectivity index (χ3v) is 5.98. The number of para-hydroxylation sites is 2. The molecule has 4 heterocycles. The van der Waals surface area contributed by atoms with Gasteiger partial charge in [0.05, 0.1) is 15.7 Å². The summed E-state index contributed by atoms with van der Waals surface area (Å²) in [6.45, 7) is 0. The quantitative estimate of drug-likeness (QED) is 0.403. The van der Waals surface area contributed by atoms with Crippen LogP contribution in [-0.2, 0) is 7.05 Å². The van der Waals surface area contributed by atoms with Crippen LogP contribution < -0.4 is 0 Å². The maximum Gasteiger partial charge on any atom is 0.217 e. The van der Waals surface area contributed by atoms with Crippen molar-refractivity contribution in [2.75, 3.05) is 0 Å². The zero-order chi connectivity index (χ0) is 15.8. The van der Waals surface area contributed by atoms with E-state index in [2.05, 4.69) is 69.5 Å². The van der Waals surface area contributed by atoms with Gasteiger partial charge in [-0.25, -0.2) is 4.98 Å². The molecule has 6 aromatic rings. The summed E-state index contributed by atoms with van der Waals surface area (Å²) < 4.78 is 6.92. The fourth-order valence-electron chi connectivity index (χ4n) is 3.68. The van der Waals surface area contributed by atoms with Crippen molar-refractivity contribution in [2.24, 2.45) is 7.05 Å². The molecule has 24 heavy (non-hydrogen) atoms. The molecule has 114 valence electrons. The van der Waals surface area contributed by atoms with E-state index in [1.807, 2.05) is 17.5 Å². The first-order valence-electron chi connectivity index (χ1n) is 7.85. The summed E-state index contributed by atoms with van der Waals surface area (Å²) in [4.78, 5) is 9.44. The molecular weight excluding hydrogens is 316 g/mol. The Hall–Kier alpha value is -2.92. The van der Waals surface area contributed by atoms with Crippen LogP contribution in [0.15, 0.2) is 54.7 Å². The number of fused-ring (bicyclic) bond motifs is 9. The summed E-state index contributed by atoms with van der Waals surface area (Å²) in [5, 5.41) is 2.47. The second-order valence-corrected chi connectivity index (χ2v) is 7.12. The van der Waals surface area contributed by atoms with Crippen molar-refractivity contribution in [1.82, 2.24) is 18.9 Å². The Bertz CT molecular complexity index is 1420. The fourth-order valence-corrected chi connectivity index (χ4v) is 4.89. The number of imidazole rings is 2. The van der Waals surface area contributed by atoms with Crippen molar-refractivity contribution in [3.63, 3.8) is 0 Å². The van der Waals surface area contributed by atoms with Crippen molar-refractivity contribution in [3.8, 4) is 0 Å². The van der Waals surface area contributed by atoms with Crippen LogP contribution in [0.2, 0.25) is 0 Å². The second kappa shape index (κ2) is 4.13. The van der Waals surface area contributed by atoms with Gasteiger partial charge in [-0.1, -0.05) is 30.3 Å². The number of pyridine rings is 1. The number of benzene rings is 2. The molecule has 0 aliphatic rings. The molecule has 4 nitrogen and oxygen atoms in total. The van der Waals surface area contributed by atoms with E-state index >= 15 is 0 Å². The average Bonchev–Trinajstić information content (AvgIpc) is 3.25. The van der Waals surface area contributed by atoms with Crippen molar-refractivity contribution in [3.05, 3.63) is 54.7 Å². The zero-order valence-electron chi connectivity index (χ0n) is 12.9. The highest BCUT2D eigenvalue weighted by atomic mass is 32.1. The van der Waals surface area contributed by atoms with Gasteiger partial charge in [-0.3, -0.25) is 4.40 Å². The molecule has 0 bridgehead atoms. The van der Waals surface area contributed by atoms with E-state index in [-0.39, 0.29) is 0 Å².